The minimum absolute atomic E-state index is 0.508. The van der Waals surface area contributed by atoms with Gasteiger partial charge in [-0.3, -0.25) is 0 Å². The van der Waals surface area contributed by atoms with E-state index in [4.69, 9.17) is 15.5 Å². The number of hydrogen-bond acceptors (Lipinski definition) is 3. The normalized spacial score (nSPS) is 9.50. The smallest absolute Gasteiger partial charge is 0.326 e. The molecule has 0 saturated heterocycles. The van der Waals surface area contributed by atoms with Gasteiger partial charge in [0.05, 0.1) is 0 Å². The van der Waals surface area contributed by atoms with Crippen LogP contribution in [0.1, 0.15) is 0 Å². The molecule has 63 valence electrons. The van der Waals surface area contributed by atoms with Crippen molar-refractivity contribution in [3.05, 3.63) is 24.3 Å². The first-order valence-electron chi connectivity index (χ1n) is 3.77. The van der Waals surface area contributed by atoms with Crippen LogP contribution >= 0.6 is 0 Å². The number of nitrogens with two attached hydrogens (primary N) is 1. The van der Waals surface area contributed by atoms with Crippen LogP contribution in [0.25, 0.3) is 0 Å². The Morgan fingerprint density at radius 1 is 1.33 bits per heavy atom. The molecule has 0 aliphatic rings. The molecule has 0 aliphatic heterocycles. The molecule has 0 aliphatic carbocycles. The van der Waals surface area contributed by atoms with Crippen LogP contribution in [0.15, 0.2) is 24.3 Å². The Morgan fingerprint density at radius 2 is 2.00 bits per heavy atom. The van der Waals surface area contributed by atoms with E-state index < -0.39 is 0 Å². The highest BCUT2D eigenvalue weighted by Gasteiger charge is 1.94. The molecule has 4 heteroatoms. The molecule has 0 spiro atoms. The fourth-order valence-corrected chi connectivity index (χ4v) is 0.827. The molecular weight excluding hydrogens is 153 g/mol. The highest BCUT2D eigenvalue weighted by Crippen LogP contribution is 2.06. The first kappa shape index (κ1) is 9.10. The summed E-state index contributed by atoms with van der Waals surface area (Å²) in [7, 11) is 1.05. The molecule has 12 heavy (non-hydrogen) atoms. The monoisotopic (exact) mass is 164 g/mol. The molecule has 0 amide bonds. The third-order valence-corrected chi connectivity index (χ3v) is 1.42. The zero-order chi connectivity index (χ0) is 8.81. The van der Waals surface area contributed by atoms with Crippen molar-refractivity contribution in [3.8, 4) is 5.75 Å². The Bertz CT molecular complexity index is 225. The molecule has 0 fully saturated rings. The van der Waals surface area contributed by atoms with E-state index in [0.29, 0.717) is 13.2 Å². The number of ether oxygens (including phenoxy) is 1. The lowest BCUT2D eigenvalue weighted by Crippen LogP contribution is -2.13. The van der Waals surface area contributed by atoms with Gasteiger partial charge < -0.3 is 15.5 Å². The Kier molecular flexibility index (Phi) is 3.64. The highest BCUT2D eigenvalue weighted by molar-refractivity contribution is 6.45. The van der Waals surface area contributed by atoms with Gasteiger partial charge in [0.1, 0.15) is 12.4 Å². The van der Waals surface area contributed by atoms with Crippen LogP contribution in [0.5, 0.6) is 5.75 Å². The van der Waals surface area contributed by atoms with Crippen molar-refractivity contribution < 1.29 is 9.76 Å². The summed E-state index contributed by atoms with van der Waals surface area (Å²) in [5, 5.41) is 8.62. The Labute approximate surface area is 72.4 Å². The molecular formula is C8H11BNO2. The van der Waals surface area contributed by atoms with Crippen molar-refractivity contribution in [1.29, 1.82) is 0 Å². The Balaban J connectivity index is 2.53. The van der Waals surface area contributed by atoms with Crippen LogP contribution < -0.4 is 15.9 Å². The van der Waals surface area contributed by atoms with E-state index >= 15 is 0 Å². The second kappa shape index (κ2) is 4.80. The van der Waals surface area contributed by atoms with Crippen molar-refractivity contribution in [2.24, 2.45) is 5.73 Å². The van der Waals surface area contributed by atoms with Gasteiger partial charge in [-0.2, -0.15) is 0 Å². The predicted molar refractivity (Wildman–Crippen MR) is 48.6 cm³/mol. The van der Waals surface area contributed by atoms with Gasteiger partial charge in [0.2, 0.25) is 0 Å². The molecule has 0 heterocycles. The maximum atomic E-state index is 8.62. The standard InChI is InChI=1S/C8H11BNO2/c10-5-6-12-8-3-1-7(9-11)2-4-8/h1-4,11H,5-6,10H2. The highest BCUT2D eigenvalue weighted by atomic mass is 16.5. The summed E-state index contributed by atoms with van der Waals surface area (Å²) in [6, 6.07) is 7.12. The molecule has 1 aromatic rings. The average Bonchev–Trinajstić information content (AvgIpc) is 2.15. The van der Waals surface area contributed by atoms with Gasteiger partial charge in [0.25, 0.3) is 0 Å². The quantitative estimate of drug-likeness (QED) is 0.576. The van der Waals surface area contributed by atoms with Gasteiger partial charge in [-0.05, 0) is 12.1 Å². The SMILES string of the molecule is NCCOc1ccc([B]O)cc1. The summed E-state index contributed by atoms with van der Waals surface area (Å²) >= 11 is 0. The predicted octanol–water partition coefficient (Wildman–Crippen LogP) is -0.739. The molecule has 1 rings (SSSR count). The van der Waals surface area contributed by atoms with E-state index in [1.807, 2.05) is 0 Å². The fraction of sp³-hybridized carbons (Fsp3) is 0.250. The van der Waals surface area contributed by atoms with Crippen molar-refractivity contribution in [2.45, 2.75) is 0 Å². The molecule has 0 saturated carbocycles. The summed E-state index contributed by atoms with van der Waals surface area (Å²) in [6.45, 7) is 1.02. The summed E-state index contributed by atoms with van der Waals surface area (Å²) < 4.78 is 5.23. The van der Waals surface area contributed by atoms with Crippen LogP contribution in [-0.4, -0.2) is 25.7 Å². The minimum Gasteiger partial charge on any atom is -0.492 e. The lowest BCUT2D eigenvalue weighted by molar-refractivity contribution is 0.328. The summed E-state index contributed by atoms with van der Waals surface area (Å²) in [6.07, 6.45) is 0. The van der Waals surface area contributed by atoms with Crippen LogP contribution in [0.3, 0.4) is 0 Å². The molecule has 1 radical (unpaired) electrons. The van der Waals surface area contributed by atoms with E-state index in [2.05, 4.69) is 0 Å². The average molecular weight is 164 g/mol. The molecule has 1 aromatic carbocycles. The third kappa shape index (κ3) is 2.56. The minimum atomic E-state index is 0.508. The van der Waals surface area contributed by atoms with E-state index in [1.165, 1.54) is 0 Å². The zero-order valence-corrected chi connectivity index (χ0v) is 6.73. The van der Waals surface area contributed by atoms with Gasteiger partial charge in [-0.25, -0.2) is 0 Å². The summed E-state index contributed by atoms with van der Waals surface area (Å²) in [4.78, 5) is 0. The molecule has 3 nitrogen and oxygen atoms in total. The van der Waals surface area contributed by atoms with E-state index in [1.54, 1.807) is 24.3 Å². The van der Waals surface area contributed by atoms with Crippen molar-refractivity contribution in [2.75, 3.05) is 13.2 Å². The van der Waals surface area contributed by atoms with E-state index in [9.17, 15) is 0 Å². The van der Waals surface area contributed by atoms with Gasteiger partial charge in [-0.1, -0.05) is 17.6 Å². The lowest BCUT2D eigenvalue weighted by Gasteiger charge is -2.03. The third-order valence-electron chi connectivity index (χ3n) is 1.42. The van der Waals surface area contributed by atoms with Crippen LogP contribution in [0.4, 0.5) is 0 Å². The summed E-state index contributed by atoms with van der Waals surface area (Å²) in [5.74, 6) is 0.769. The van der Waals surface area contributed by atoms with Crippen LogP contribution in [0, 0.1) is 0 Å². The molecule has 3 N–H and O–H groups in total. The largest absolute Gasteiger partial charge is 0.492 e. The van der Waals surface area contributed by atoms with Crippen LogP contribution in [-0.2, 0) is 0 Å². The van der Waals surface area contributed by atoms with Crippen molar-refractivity contribution in [3.63, 3.8) is 0 Å². The van der Waals surface area contributed by atoms with Crippen molar-refractivity contribution >= 4 is 12.9 Å². The van der Waals surface area contributed by atoms with E-state index in [-0.39, 0.29) is 0 Å². The fourth-order valence-electron chi connectivity index (χ4n) is 0.827. The molecule has 0 atom stereocenters. The van der Waals surface area contributed by atoms with Gasteiger partial charge in [0.15, 0.2) is 0 Å². The Morgan fingerprint density at radius 3 is 2.50 bits per heavy atom. The topological polar surface area (TPSA) is 55.5 Å². The van der Waals surface area contributed by atoms with Crippen LogP contribution in [0.2, 0.25) is 0 Å². The first-order valence-corrected chi connectivity index (χ1v) is 3.77. The van der Waals surface area contributed by atoms with Crippen molar-refractivity contribution in [1.82, 2.24) is 0 Å². The zero-order valence-electron chi connectivity index (χ0n) is 6.73. The summed E-state index contributed by atoms with van der Waals surface area (Å²) in [5.41, 5.74) is 6.02. The molecule has 0 bridgehead atoms. The second-order valence-electron chi connectivity index (χ2n) is 2.34. The van der Waals surface area contributed by atoms with Gasteiger partial charge >= 0.3 is 7.48 Å². The maximum absolute atomic E-state index is 8.62. The van der Waals surface area contributed by atoms with E-state index in [0.717, 1.165) is 18.7 Å². The maximum Gasteiger partial charge on any atom is 0.326 e. The molecule has 0 aromatic heterocycles. The number of hydrogen-bond donors (Lipinski definition) is 2. The molecule has 0 unspecified atom stereocenters. The first-order chi connectivity index (χ1) is 5.86. The number of benzene rings is 1. The van der Waals surface area contributed by atoms with Gasteiger partial charge in [-0.15, -0.1) is 0 Å². The number of rotatable bonds is 4. The van der Waals surface area contributed by atoms with Gasteiger partial charge in [0, 0.05) is 6.54 Å². The second-order valence-corrected chi connectivity index (χ2v) is 2.34. The Hall–Kier alpha value is -0.995. The lowest BCUT2D eigenvalue weighted by atomic mass is 9.89.